The van der Waals surface area contributed by atoms with Gasteiger partial charge in [-0.3, -0.25) is 0 Å². The van der Waals surface area contributed by atoms with Gasteiger partial charge in [0.15, 0.2) is 0 Å². The van der Waals surface area contributed by atoms with Gasteiger partial charge in [0.05, 0.1) is 0 Å². The Bertz CT molecular complexity index is 998. The molecule has 0 bridgehead atoms. The van der Waals surface area contributed by atoms with E-state index in [0.29, 0.717) is 0 Å². The van der Waals surface area contributed by atoms with E-state index in [9.17, 15) is 0 Å². The van der Waals surface area contributed by atoms with Crippen LogP contribution in [0, 0.1) is 0 Å². The van der Waals surface area contributed by atoms with Crippen LogP contribution in [0.15, 0.2) is 106 Å². The average molecular weight is 506 g/mol. The fourth-order valence-corrected chi connectivity index (χ4v) is 4.14. The Labute approximate surface area is 189 Å². The predicted molar refractivity (Wildman–Crippen MR) is 131 cm³/mol. The van der Waals surface area contributed by atoms with Crippen LogP contribution < -0.4 is 0 Å². The van der Waals surface area contributed by atoms with Gasteiger partial charge in [-0.2, -0.15) is 0 Å². The summed E-state index contributed by atoms with van der Waals surface area (Å²) in [5.74, 6) is 0. The van der Waals surface area contributed by atoms with E-state index in [4.69, 9.17) is 0 Å². The monoisotopic (exact) mass is 504 g/mol. The first-order valence-electron chi connectivity index (χ1n) is 9.66. The Hall–Kier alpha value is -2.16. The summed E-state index contributed by atoms with van der Waals surface area (Å²) in [6.07, 6.45) is 0. The zero-order chi connectivity index (χ0) is 20.4. The van der Waals surface area contributed by atoms with E-state index in [1.165, 1.54) is 33.4 Å². The highest BCUT2D eigenvalue weighted by Crippen LogP contribution is 2.34. The minimum atomic E-state index is -0.0590. The second kappa shape index (κ2) is 8.30. The molecule has 0 spiro atoms. The minimum Gasteiger partial charge on any atom is -0.0575 e. The van der Waals surface area contributed by atoms with Gasteiger partial charge >= 0.3 is 0 Å². The van der Waals surface area contributed by atoms with Gasteiger partial charge in [-0.1, -0.05) is 119 Å². The largest absolute Gasteiger partial charge is 0.0575 e. The molecule has 0 N–H and O–H groups in total. The standard InChI is InChI=1S/C27H22Br2/c1-27(2,23-11-3-19(4-12-23)21-7-15-25(28)16-8-21)24-13-5-20(6-14-24)22-9-17-26(29)18-10-22/h3-18H,1-2H3. The van der Waals surface area contributed by atoms with E-state index in [-0.39, 0.29) is 5.41 Å². The molecule has 0 saturated heterocycles. The van der Waals surface area contributed by atoms with Crippen molar-refractivity contribution < 1.29 is 0 Å². The first-order chi connectivity index (χ1) is 13.9. The summed E-state index contributed by atoms with van der Waals surface area (Å²) >= 11 is 7.00. The van der Waals surface area contributed by atoms with E-state index in [1.807, 2.05) is 0 Å². The van der Waals surface area contributed by atoms with Gasteiger partial charge < -0.3 is 0 Å². The normalized spacial score (nSPS) is 11.4. The molecule has 4 rings (SSSR count). The van der Waals surface area contributed by atoms with E-state index >= 15 is 0 Å². The summed E-state index contributed by atoms with van der Waals surface area (Å²) in [5, 5.41) is 0. The summed E-state index contributed by atoms with van der Waals surface area (Å²) in [4.78, 5) is 0. The molecule has 0 nitrogen and oxygen atoms in total. The quantitative estimate of drug-likeness (QED) is 0.259. The molecular formula is C27H22Br2. The lowest BCUT2D eigenvalue weighted by Gasteiger charge is -2.26. The van der Waals surface area contributed by atoms with Crippen molar-refractivity contribution in [1.29, 1.82) is 0 Å². The number of halogens is 2. The first-order valence-corrected chi connectivity index (χ1v) is 11.2. The molecule has 0 atom stereocenters. The topological polar surface area (TPSA) is 0 Å². The molecule has 0 fully saturated rings. The van der Waals surface area contributed by atoms with Crippen LogP contribution in [0.3, 0.4) is 0 Å². The number of hydrogen-bond donors (Lipinski definition) is 0. The van der Waals surface area contributed by atoms with Crippen LogP contribution in [0.4, 0.5) is 0 Å². The van der Waals surface area contributed by atoms with Crippen molar-refractivity contribution >= 4 is 31.9 Å². The SMILES string of the molecule is CC(C)(c1ccc(-c2ccc(Br)cc2)cc1)c1ccc(-c2ccc(Br)cc2)cc1. The second-order valence-corrected chi connectivity index (χ2v) is 9.62. The molecule has 0 amide bonds. The molecule has 29 heavy (non-hydrogen) atoms. The lowest BCUT2D eigenvalue weighted by atomic mass is 9.77. The first kappa shape index (κ1) is 20.1. The molecule has 144 valence electrons. The van der Waals surface area contributed by atoms with E-state index in [1.54, 1.807) is 0 Å². The van der Waals surface area contributed by atoms with Crippen LogP contribution in [0.1, 0.15) is 25.0 Å². The predicted octanol–water partition coefficient (Wildman–Crippen LogP) is 8.87. The molecule has 4 aromatic rings. The summed E-state index contributed by atoms with van der Waals surface area (Å²) in [5.41, 5.74) is 7.51. The third-order valence-electron chi connectivity index (χ3n) is 5.57. The molecular weight excluding hydrogens is 484 g/mol. The Morgan fingerprint density at radius 1 is 0.414 bits per heavy atom. The minimum absolute atomic E-state index is 0.0590. The van der Waals surface area contributed by atoms with Gasteiger partial charge in [0.2, 0.25) is 0 Å². The number of benzene rings is 4. The molecule has 0 unspecified atom stereocenters. The maximum Gasteiger partial charge on any atom is 0.0175 e. The molecule has 0 radical (unpaired) electrons. The number of hydrogen-bond acceptors (Lipinski definition) is 0. The maximum atomic E-state index is 3.50. The van der Waals surface area contributed by atoms with Crippen molar-refractivity contribution in [3.8, 4) is 22.3 Å². The number of rotatable bonds is 4. The van der Waals surface area contributed by atoms with Crippen molar-refractivity contribution in [2.24, 2.45) is 0 Å². The van der Waals surface area contributed by atoms with Crippen LogP contribution in [0.2, 0.25) is 0 Å². The summed E-state index contributed by atoms with van der Waals surface area (Å²) in [6.45, 7) is 4.58. The van der Waals surface area contributed by atoms with Crippen molar-refractivity contribution in [1.82, 2.24) is 0 Å². The lowest BCUT2D eigenvalue weighted by Crippen LogP contribution is -2.18. The molecule has 0 aromatic heterocycles. The zero-order valence-electron chi connectivity index (χ0n) is 16.5. The van der Waals surface area contributed by atoms with Crippen molar-refractivity contribution in [2.45, 2.75) is 19.3 Å². The van der Waals surface area contributed by atoms with Crippen LogP contribution in [0.5, 0.6) is 0 Å². The Morgan fingerprint density at radius 2 is 0.655 bits per heavy atom. The van der Waals surface area contributed by atoms with E-state index in [0.717, 1.165) is 8.95 Å². The van der Waals surface area contributed by atoms with Gasteiger partial charge in [-0.05, 0) is 57.6 Å². The molecule has 0 aliphatic heterocycles. The van der Waals surface area contributed by atoms with Crippen LogP contribution in [-0.2, 0) is 5.41 Å². The van der Waals surface area contributed by atoms with E-state index in [2.05, 4.69) is 143 Å². The summed E-state index contributed by atoms with van der Waals surface area (Å²) < 4.78 is 2.20. The second-order valence-electron chi connectivity index (χ2n) is 7.79. The highest BCUT2D eigenvalue weighted by atomic mass is 79.9. The van der Waals surface area contributed by atoms with Gasteiger partial charge in [-0.25, -0.2) is 0 Å². The van der Waals surface area contributed by atoms with Crippen molar-refractivity contribution in [2.75, 3.05) is 0 Å². The smallest absolute Gasteiger partial charge is 0.0175 e. The van der Waals surface area contributed by atoms with Gasteiger partial charge in [0, 0.05) is 14.4 Å². The highest BCUT2D eigenvalue weighted by molar-refractivity contribution is 9.10. The Balaban J connectivity index is 1.59. The van der Waals surface area contributed by atoms with Crippen LogP contribution in [0.25, 0.3) is 22.3 Å². The molecule has 0 aliphatic rings. The van der Waals surface area contributed by atoms with Crippen LogP contribution in [-0.4, -0.2) is 0 Å². The highest BCUT2D eigenvalue weighted by Gasteiger charge is 2.23. The Morgan fingerprint density at radius 3 is 0.931 bits per heavy atom. The van der Waals surface area contributed by atoms with Gasteiger partial charge in [0.1, 0.15) is 0 Å². The lowest BCUT2D eigenvalue weighted by molar-refractivity contribution is 0.641. The van der Waals surface area contributed by atoms with Crippen molar-refractivity contribution in [3.05, 3.63) is 117 Å². The van der Waals surface area contributed by atoms with E-state index < -0.39 is 0 Å². The maximum absolute atomic E-state index is 3.50. The zero-order valence-corrected chi connectivity index (χ0v) is 19.7. The van der Waals surface area contributed by atoms with Crippen LogP contribution >= 0.6 is 31.9 Å². The Kier molecular flexibility index (Phi) is 5.76. The molecule has 0 aliphatic carbocycles. The molecule has 2 heteroatoms. The fourth-order valence-electron chi connectivity index (χ4n) is 3.61. The third-order valence-corrected chi connectivity index (χ3v) is 6.63. The van der Waals surface area contributed by atoms with Gasteiger partial charge in [0.25, 0.3) is 0 Å². The average Bonchev–Trinajstić information content (AvgIpc) is 2.75. The molecule has 0 saturated carbocycles. The summed E-state index contributed by atoms with van der Waals surface area (Å²) in [6, 6.07) is 34.8. The summed E-state index contributed by atoms with van der Waals surface area (Å²) in [7, 11) is 0. The van der Waals surface area contributed by atoms with Gasteiger partial charge in [-0.15, -0.1) is 0 Å². The third kappa shape index (κ3) is 4.39. The van der Waals surface area contributed by atoms with Crippen molar-refractivity contribution in [3.63, 3.8) is 0 Å². The molecule has 4 aromatic carbocycles. The molecule has 0 heterocycles. The fraction of sp³-hybridized carbons (Fsp3) is 0.111.